The number of benzene rings is 2. The van der Waals surface area contributed by atoms with Gasteiger partial charge < -0.3 is 14.5 Å². The predicted molar refractivity (Wildman–Crippen MR) is 149 cm³/mol. The number of carbonyl (C=O) groups is 2. The van der Waals surface area contributed by atoms with Crippen molar-refractivity contribution in [2.75, 3.05) is 13.1 Å². The van der Waals surface area contributed by atoms with Gasteiger partial charge in [-0.2, -0.15) is 0 Å². The Balaban J connectivity index is 1.84. The molecule has 2 saturated heterocycles. The molecule has 0 aliphatic carbocycles. The van der Waals surface area contributed by atoms with E-state index in [-0.39, 0.29) is 30.0 Å². The molecule has 2 aromatic rings. The highest BCUT2D eigenvalue weighted by atomic mass is 35.5. The number of hydrogen-bond donors (Lipinski definition) is 0. The van der Waals surface area contributed by atoms with Gasteiger partial charge in [0, 0.05) is 34.0 Å². The van der Waals surface area contributed by atoms with Crippen LogP contribution in [0.5, 0.6) is 0 Å². The van der Waals surface area contributed by atoms with Gasteiger partial charge >= 0.3 is 6.09 Å². The molecule has 2 aromatic carbocycles. The number of likely N-dealkylation sites (tertiary alicyclic amines) is 1. The van der Waals surface area contributed by atoms with Crippen molar-refractivity contribution in [2.24, 2.45) is 5.41 Å². The summed E-state index contributed by atoms with van der Waals surface area (Å²) in [6.07, 6.45) is 2.82. The molecule has 2 fully saturated rings. The summed E-state index contributed by atoms with van der Waals surface area (Å²) in [5.41, 5.74) is 1.08. The molecular formula is C30H38Cl2N2O3. The Morgan fingerprint density at radius 3 is 2.27 bits per heavy atom. The lowest BCUT2D eigenvalue weighted by atomic mass is 9.66. The topological polar surface area (TPSA) is 49.9 Å². The van der Waals surface area contributed by atoms with Gasteiger partial charge in [0.2, 0.25) is 5.91 Å². The number of piperidine rings is 1. The van der Waals surface area contributed by atoms with Crippen LogP contribution in [-0.2, 0) is 9.53 Å². The van der Waals surface area contributed by atoms with E-state index in [1.165, 1.54) is 0 Å². The highest BCUT2D eigenvalue weighted by Gasteiger charge is 2.51. The van der Waals surface area contributed by atoms with Crippen molar-refractivity contribution in [3.8, 4) is 0 Å². The summed E-state index contributed by atoms with van der Waals surface area (Å²) in [5.74, 6) is 0.177. The summed E-state index contributed by atoms with van der Waals surface area (Å²) in [5, 5.41) is 1.34. The molecule has 0 aromatic heterocycles. The summed E-state index contributed by atoms with van der Waals surface area (Å²) in [6, 6.07) is 15.4. The lowest BCUT2D eigenvalue weighted by Gasteiger charge is -2.52. The van der Waals surface area contributed by atoms with E-state index in [9.17, 15) is 9.59 Å². The van der Waals surface area contributed by atoms with Gasteiger partial charge in [-0.1, -0.05) is 74.7 Å². The standard InChI is InChI=1S/C30H38Cl2N2O3/c1-6-15-30(5)17-25(21-9-8-10-23(32)16-21)26(20-11-13-22(31)14-12-20)34(27(30)35)24(7-2)18-33-19-29(3,4)37-28(33)36/h8-14,16,24-26H,6-7,15,17-19H2,1-5H3/t24-,25+,26+,30-/m0/s1. The first-order chi connectivity index (χ1) is 17.5. The minimum atomic E-state index is -0.545. The molecule has 2 heterocycles. The molecular weight excluding hydrogens is 507 g/mol. The average molecular weight is 546 g/mol. The lowest BCUT2D eigenvalue weighted by molar-refractivity contribution is -0.155. The van der Waals surface area contributed by atoms with Crippen molar-refractivity contribution in [2.45, 2.75) is 83.9 Å². The molecule has 2 amide bonds. The van der Waals surface area contributed by atoms with Crippen LogP contribution in [0.2, 0.25) is 10.0 Å². The largest absolute Gasteiger partial charge is 0.441 e. The Morgan fingerprint density at radius 1 is 1.00 bits per heavy atom. The van der Waals surface area contributed by atoms with Crippen LogP contribution < -0.4 is 0 Å². The maximum atomic E-state index is 14.5. The van der Waals surface area contributed by atoms with E-state index >= 15 is 0 Å². The second-order valence-electron chi connectivity index (χ2n) is 11.5. The number of amides is 2. The van der Waals surface area contributed by atoms with Gasteiger partial charge in [-0.15, -0.1) is 0 Å². The minimum Gasteiger partial charge on any atom is -0.441 e. The van der Waals surface area contributed by atoms with E-state index in [0.29, 0.717) is 29.6 Å². The Labute approximate surface area is 231 Å². The molecule has 37 heavy (non-hydrogen) atoms. The zero-order valence-corrected chi connectivity index (χ0v) is 24.0. The molecule has 0 N–H and O–H groups in total. The summed E-state index contributed by atoms with van der Waals surface area (Å²) in [4.78, 5) is 31.0. The molecule has 4 atom stereocenters. The third kappa shape index (κ3) is 5.78. The zero-order valence-electron chi connectivity index (χ0n) is 22.5. The van der Waals surface area contributed by atoms with Crippen molar-refractivity contribution in [1.82, 2.24) is 9.80 Å². The molecule has 2 aliphatic rings. The molecule has 200 valence electrons. The van der Waals surface area contributed by atoms with Crippen LogP contribution in [0.4, 0.5) is 4.79 Å². The van der Waals surface area contributed by atoms with Crippen molar-refractivity contribution in [1.29, 1.82) is 0 Å². The lowest BCUT2D eigenvalue weighted by Crippen LogP contribution is -2.58. The van der Waals surface area contributed by atoms with Crippen LogP contribution in [0, 0.1) is 5.41 Å². The van der Waals surface area contributed by atoms with Crippen molar-refractivity contribution >= 4 is 35.2 Å². The van der Waals surface area contributed by atoms with Crippen LogP contribution in [0.25, 0.3) is 0 Å². The first-order valence-electron chi connectivity index (χ1n) is 13.3. The van der Waals surface area contributed by atoms with Gasteiger partial charge in [0.15, 0.2) is 0 Å². The van der Waals surface area contributed by atoms with Crippen LogP contribution in [0.15, 0.2) is 48.5 Å². The molecule has 2 aliphatic heterocycles. The van der Waals surface area contributed by atoms with Gasteiger partial charge in [-0.3, -0.25) is 4.79 Å². The van der Waals surface area contributed by atoms with E-state index in [0.717, 1.165) is 30.4 Å². The summed E-state index contributed by atoms with van der Waals surface area (Å²) in [6.45, 7) is 11.1. The molecule has 0 saturated carbocycles. The zero-order chi connectivity index (χ0) is 27.0. The second kappa shape index (κ2) is 10.9. The molecule has 0 radical (unpaired) electrons. The van der Waals surface area contributed by atoms with Crippen molar-refractivity contribution < 1.29 is 14.3 Å². The number of rotatable bonds is 8. The monoisotopic (exact) mass is 544 g/mol. The molecule has 0 bridgehead atoms. The van der Waals surface area contributed by atoms with E-state index in [2.05, 4.69) is 31.7 Å². The number of nitrogens with zero attached hydrogens (tertiary/aromatic N) is 2. The molecule has 4 rings (SSSR count). The van der Waals surface area contributed by atoms with Gasteiger partial charge in [-0.25, -0.2) is 4.79 Å². The number of cyclic esters (lactones) is 1. The van der Waals surface area contributed by atoms with Crippen LogP contribution in [0.3, 0.4) is 0 Å². The van der Waals surface area contributed by atoms with Crippen LogP contribution in [-0.4, -0.2) is 46.5 Å². The summed E-state index contributed by atoms with van der Waals surface area (Å²) < 4.78 is 5.58. The van der Waals surface area contributed by atoms with E-state index in [1.54, 1.807) is 4.90 Å². The number of ether oxygens (including phenoxy) is 1. The quantitative estimate of drug-likeness (QED) is 0.339. The Morgan fingerprint density at radius 2 is 1.70 bits per heavy atom. The maximum absolute atomic E-state index is 14.5. The fourth-order valence-electron chi connectivity index (χ4n) is 6.22. The van der Waals surface area contributed by atoms with Crippen LogP contribution >= 0.6 is 23.2 Å². The third-order valence-electron chi connectivity index (χ3n) is 7.88. The smallest absolute Gasteiger partial charge is 0.410 e. The fourth-order valence-corrected chi connectivity index (χ4v) is 6.55. The number of hydrogen-bond acceptors (Lipinski definition) is 3. The van der Waals surface area contributed by atoms with Crippen LogP contribution in [0.1, 0.15) is 83.4 Å². The molecule has 0 spiro atoms. The average Bonchev–Trinajstić information content (AvgIpc) is 3.11. The van der Waals surface area contributed by atoms with Gasteiger partial charge in [0.1, 0.15) is 5.60 Å². The Hall–Kier alpha value is -2.24. The Kier molecular flexibility index (Phi) is 8.16. The second-order valence-corrected chi connectivity index (χ2v) is 12.3. The summed E-state index contributed by atoms with van der Waals surface area (Å²) in [7, 11) is 0. The maximum Gasteiger partial charge on any atom is 0.410 e. The predicted octanol–water partition coefficient (Wildman–Crippen LogP) is 7.87. The van der Waals surface area contributed by atoms with Crippen molar-refractivity contribution in [3.63, 3.8) is 0 Å². The normalized spacial score (nSPS) is 26.4. The third-order valence-corrected chi connectivity index (χ3v) is 8.37. The van der Waals surface area contributed by atoms with Crippen molar-refractivity contribution in [3.05, 3.63) is 69.7 Å². The SMILES string of the molecule is CCC[C@@]1(C)C[C@H](c2cccc(Cl)c2)[C@@H](c2ccc(Cl)cc2)N([C@@H](CC)CN2CC(C)(C)OC2=O)C1=O. The fraction of sp³-hybridized carbons (Fsp3) is 0.533. The Bertz CT molecular complexity index is 1140. The molecule has 5 nitrogen and oxygen atoms in total. The van der Waals surface area contributed by atoms with E-state index < -0.39 is 11.0 Å². The minimum absolute atomic E-state index is 0.0325. The van der Waals surface area contributed by atoms with E-state index in [4.69, 9.17) is 27.9 Å². The first kappa shape index (κ1) is 27.8. The molecule has 0 unspecified atom stereocenters. The highest BCUT2D eigenvalue weighted by Crippen LogP contribution is 2.52. The summed E-state index contributed by atoms with van der Waals surface area (Å²) >= 11 is 12.7. The van der Waals surface area contributed by atoms with E-state index in [1.807, 2.05) is 56.3 Å². The van der Waals surface area contributed by atoms with Gasteiger partial charge in [-0.05, 0) is 68.5 Å². The number of carbonyl (C=O) groups excluding carboxylic acids is 2. The first-order valence-corrected chi connectivity index (χ1v) is 14.0. The highest BCUT2D eigenvalue weighted by molar-refractivity contribution is 6.30. The molecule has 7 heteroatoms. The number of halogens is 2. The van der Waals surface area contributed by atoms with Gasteiger partial charge in [0.25, 0.3) is 0 Å². The van der Waals surface area contributed by atoms with Gasteiger partial charge in [0.05, 0.1) is 12.6 Å².